The second-order valence-electron chi connectivity index (χ2n) is 2.83. The van der Waals surface area contributed by atoms with Gasteiger partial charge in [0.1, 0.15) is 0 Å². The van der Waals surface area contributed by atoms with Gasteiger partial charge in [0, 0.05) is 16.8 Å². The summed E-state index contributed by atoms with van der Waals surface area (Å²) in [4.78, 5) is 0. The Morgan fingerprint density at radius 2 is 2.33 bits per heavy atom. The molecule has 2 aromatic rings. The van der Waals surface area contributed by atoms with Crippen molar-refractivity contribution >= 4 is 16.6 Å². The van der Waals surface area contributed by atoms with Gasteiger partial charge in [-0.15, -0.1) is 0 Å². The van der Waals surface area contributed by atoms with Crippen LogP contribution in [0.15, 0.2) is 18.2 Å². The highest BCUT2D eigenvalue weighted by atomic mass is 15.1. The Morgan fingerprint density at radius 1 is 1.50 bits per heavy atom. The van der Waals surface area contributed by atoms with Crippen molar-refractivity contribution in [3.05, 3.63) is 23.9 Å². The van der Waals surface area contributed by atoms with Crippen LogP contribution in [0.3, 0.4) is 0 Å². The van der Waals surface area contributed by atoms with E-state index in [0.717, 1.165) is 17.6 Å². The van der Waals surface area contributed by atoms with Crippen molar-refractivity contribution in [3.8, 4) is 0 Å². The molecule has 62 valence electrons. The number of hydrogen-bond donors (Lipinski definition) is 2. The summed E-state index contributed by atoms with van der Waals surface area (Å²) in [7, 11) is 0. The van der Waals surface area contributed by atoms with Crippen LogP contribution in [0, 0.1) is 0 Å². The average molecular weight is 161 g/mol. The van der Waals surface area contributed by atoms with Gasteiger partial charge < -0.3 is 5.73 Å². The molecule has 0 radical (unpaired) electrons. The lowest BCUT2D eigenvalue weighted by molar-refractivity contribution is 0.988. The third-order valence-corrected chi connectivity index (χ3v) is 2.01. The van der Waals surface area contributed by atoms with Gasteiger partial charge in [0.2, 0.25) is 0 Å². The Labute approximate surface area is 70.6 Å². The molecular weight excluding hydrogens is 150 g/mol. The molecule has 0 bridgehead atoms. The van der Waals surface area contributed by atoms with E-state index in [9.17, 15) is 0 Å². The molecular formula is C9H11N3. The molecule has 0 atom stereocenters. The molecule has 0 saturated heterocycles. The molecule has 0 amide bonds. The molecule has 12 heavy (non-hydrogen) atoms. The van der Waals surface area contributed by atoms with Gasteiger partial charge in [-0.3, -0.25) is 5.10 Å². The first kappa shape index (κ1) is 7.16. The molecule has 1 aromatic carbocycles. The zero-order chi connectivity index (χ0) is 8.55. The van der Waals surface area contributed by atoms with Crippen LogP contribution < -0.4 is 5.73 Å². The fraction of sp³-hybridized carbons (Fsp3) is 0.222. The van der Waals surface area contributed by atoms with Crippen molar-refractivity contribution in [2.45, 2.75) is 13.3 Å². The van der Waals surface area contributed by atoms with E-state index in [1.807, 2.05) is 18.2 Å². The van der Waals surface area contributed by atoms with Crippen LogP contribution >= 0.6 is 0 Å². The van der Waals surface area contributed by atoms with Gasteiger partial charge in [0.15, 0.2) is 0 Å². The van der Waals surface area contributed by atoms with E-state index in [4.69, 9.17) is 5.73 Å². The van der Waals surface area contributed by atoms with Gasteiger partial charge in [0.25, 0.3) is 0 Å². The van der Waals surface area contributed by atoms with Crippen LogP contribution in [0.1, 0.15) is 12.6 Å². The van der Waals surface area contributed by atoms with Crippen LogP contribution in [0.4, 0.5) is 5.69 Å². The number of nitrogens with one attached hydrogen (secondary N) is 1. The first-order valence-corrected chi connectivity index (χ1v) is 4.03. The molecule has 0 fully saturated rings. The third kappa shape index (κ3) is 0.942. The number of nitrogen functional groups attached to an aromatic ring is 1. The summed E-state index contributed by atoms with van der Waals surface area (Å²) in [6.45, 7) is 2.10. The molecule has 3 N–H and O–H groups in total. The lowest BCUT2D eigenvalue weighted by Crippen LogP contribution is -1.83. The average Bonchev–Trinajstić information content (AvgIpc) is 2.46. The van der Waals surface area contributed by atoms with E-state index in [-0.39, 0.29) is 0 Å². The number of rotatable bonds is 1. The van der Waals surface area contributed by atoms with E-state index < -0.39 is 0 Å². The maximum atomic E-state index is 5.62. The van der Waals surface area contributed by atoms with E-state index >= 15 is 0 Å². The van der Waals surface area contributed by atoms with Crippen molar-refractivity contribution in [1.29, 1.82) is 0 Å². The zero-order valence-electron chi connectivity index (χ0n) is 6.96. The predicted molar refractivity (Wildman–Crippen MR) is 49.9 cm³/mol. The number of nitrogens with zero attached hydrogens (tertiary/aromatic N) is 1. The van der Waals surface area contributed by atoms with Gasteiger partial charge in [-0.2, -0.15) is 5.10 Å². The minimum absolute atomic E-state index is 0.761. The second kappa shape index (κ2) is 2.52. The Morgan fingerprint density at radius 3 is 3.08 bits per heavy atom. The van der Waals surface area contributed by atoms with Crippen LogP contribution in [-0.2, 0) is 6.42 Å². The van der Waals surface area contributed by atoms with Gasteiger partial charge in [-0.05, 0) is 24.6 Å². The molecule has 2 rings (SSSR count). The highest BCUT2D eigenvalue weighted by Crippen LogP contribution is 2.18. The number of benzene rings is 1. The normalized spacial score (nSPS) is 10.8. The number of aromatic amines is 1. The van der Waals surface area contributed by atoms with Crippen LogP contribution in [0.5, 0.6) is 0 Å². The zero-order valence-corrected chi connectivity index (χ0v) is 6.96. The summed E-state index contributed by atoms with van der Waals surface area (Å²) in [5.41, 5.74) is 8.50. The third-order valence-electron chi connectivity index (χ3n) is 2.01. The van der Waals surface area contributed by atoms with Crippen molar-refractivity contribution in [1.82, 2.24) is 10.2 Å². The van der Waals surface area contributed by atoms with Gasteiger partial charge in [-0.1, -0.05) is 6.92 Å². The minimum Gasteiger partial charge on any atom is -0.399 e. The Hall–Kier alpha value is -1.51. The smallest absolute Gasteiger partial charge is 0.0944 e. The van der Waals surface area contributed by atoms with E-state index in [1.54, 1.807) is 0 Å². The van der Waals surface area contributed by atoms with Crippen molar-refractivity contribution in [3.63, 3.8) is 0 Å². The lowest BCUT2D eigenvalue weighted by Gasteiger charge is -1.92. The Balaban J connectivity index is 2.73. The van der Waals surface area contributed by atoms with Crippen LogP contribution in [-0.4, -0.2) is 10.2 Å². The summed E-state index contributed by atoms with van der Waals surface area (Å²) in [6.07, 6.45) is 0.973. The minimum atomic E-state index is 0.761. The highest BCUT2D eigenvalue weighted by Gasteiger charge is 2.01. The summed E-state index contributed by atoms with van der Waals surface area (Å²) in [5, 5.41) is 8.30. The number of H-pyrrole nitrogens is 1. The largest absolute Gasteiger partial charge is 0.399 e. The van der Waals surface area contributed by atoms with Gasteiger partial charge in [-0.25, -0.2) is 0 Å². The maximum absolute atomic E-state index is 5.62. The number of aryl methyl sites for hydroxylation is 1. The van der Waals surface area contributed by atoms with Gasteiger partial charge >= 0.3 is 0 Å². The fourth-order valence-electron chi connectivity index (χ4n) is 1.35. The number of aromatic nitrogens is 2. The number of hydrogen-bond acceptors (Lipinski definition) is 2. The molecule has 0 unspecified atom stereocenters. The van der Waals surface area contributed by atoms with Crippen molar-refractivity contribution < 1.29 is 0 Å². The monoisotopic (exact) mass is 161 g/mol. The molecule has 0 aliphatic rings. The predicted octanol–water partition coefficient (Wildman–Crippen LogP) is 1.71. The SMILES string of the molecule is CCc1[nH]nc2cc(N)ccc12. The first-order valence-electron chi connectivity index (χ1n) is 4.03. The van der Waals surface area contributed by atoms with Crippen LogP contribution in [0.25, 0.3) is 10.9 Å². The topological polar surface area (TPSA) is 54.7 Å². The highest BCUT2D eigenvalue weighted by molar-refractivity contribution is 5.84. The fourth-order valence-corrected chi connectivity index (χ4v) is 1.35. The molecule has 0 aliphatic carbocycles. The van der Waals surface area contributed by atoms with E-state index in [2.05, 4.69) is 17.1 Å². The summed E-state index contributed by atoms with van der Waals surface area (Å²) < 4.78 is 0. The first-order chi connectivity index (χ1) is 5.81. The van der Waals surface area contributed by atoms with Crippen molar-refractivity contribution in [2.24, 2.45) is 0 Å². The summed E-state index contributed by atoms with van der Waals surface area (Å²) in [5.74, 6) is 0. The van der Waals surface area contributed by atoms with Crippen LogP contribution in [0.2, 0.25) is 0 Å². The molecule has 3 heteroatoms. The summed E-state index contributed by atoms with van der Waals surface area (Å²) >= 11 is 0. The summed E-state index contributed by atoms with van der Waals surface area (Å²) in [6, 6.07) is 5.79. The number of fused-ring (bicyclic) bond motifs is 1. The Kier molecular flexibility index (Phi) is 1.50. The maximum Gasteiger partial charge on any atom is 0.0944 e. The van der Waals surface area contributed by atoms with Gasteiger partial charge in [0.05, 0.1) is 5.52 Å². The lowest BCUT2D eigenvalue weighted by atomic mass is 10.2. The Bertz CT molecular complexity index is 403. The number of anilines is 1. The van der Waals surface area contributed by atoms with E-state index in [1.165, 1.54) is 11.1 Å². The molecule has 1 aromatic heterocycles. The standard InChI is InChI=1S/C9H11N3/c1-2-8-7-4-3-6(10)5-9(7)12-11-8/h3-5H,2,10H2,1H3,(H,11,12). The molecule has 1 heterocycles. The molecule has 0 spiro atoms. The molecule has 0 aliphatic heterocycles. The van der Waals surface area contributed by atoms with Crippen molar-refractivity contribution in [2.75, 3.05) is 5.73 Å². The molecule has 3 nitrogen and oxygen atoms in total. The van der Waals surface area contributed by atoms with E-state index in [0.29, 0.717) is 0 Å². The molecule has 0 saturated carbocycles. The quantitative estimate of drug-likeness (QED) is 0.625. The number of nitrogens with two attached hydrogens (primary N) is 1. The second-order valence-corrected chi connectivity index (χ2v) is 2.83.